The number of carbonyl (C=O) groups excluding carboxylic acids is 1. The summed E-state index contributed by atoms with van der Waals surface area (Å²) in [5, 5.41) is 1.07. The number of rotatable bonds is 2. The van der Waals surface area contributed by atoms with Crippen LogP contribution < -0.4 is 4.90 Å². The number of amides is 1. The zero-order chi connectivity index (χ0) is 11.7. The predicted octanol–water partition coefficient (Wildman–Crippen LogP) is 3.23. The van der Waals surface area contributed by atoms with Crippen molar-refractivity contribution in [1.29, 1.82) is 0 Å². The maximum absolute atomic E-state index is 12.9. The third-order valence-corrected chi connectivity index (χ3v) is 3.84. The first kappa shape index (κ1) is 11.9. The molecule has 1 fully saturated rings. The van der Waals surface area contributed by atoms with Gasteiger partial charge in [-0.2, -0.15) is 0 Å². The topological polar surface area (TPSA) is 20.3 Å². The Balaban J connectivity index is 2.28. The van der Waals surface area contributed by atoms with Crippen LogP contribution in [0.4, 0.5) is 10.1 Å². The van der Waals surface area contributed by atoms with Gasteiger partial charge in [0.1, 0.15) is 5.82 Å². The molecule has 1 aromatic carbocycles. The second-order valence-electron chi connectivity index (χ2n) is 3.82. The number of hydrogen-bond donors (Lipinski definition) is 0. The lowest BCUT2D eigenvalue weighted by Crippen LogP contribution is -2.24. The lowest BCUT2D eigenvalue weighted by Gasteiger charge is -2.17. The highest BCUT2D eigenvalue weighted by atomic mass is 79.9. The van der Waals surface area contributed by atoms with E-state index in [-0.39, 0.29) is 10.9 Å². The summed E-state index contributed by atoms with van der Waals surface area (Å²) in [6, 6.07) is 4.09. The highest BCUT2D eigenvalue weighted by Crippen LogP contribution is 2.32. The van der Waals surface area contributed by atoms with Gasteiger partial charge in [0.25, 0.3) is 0 Å². The zero-order valence-electron chi connectivity index (χ0n) is 8.42. The van der Waals surface area contributed by atoms with E-state index in [1.807, 2.05) is 0 Å². The minimum Gasteiger partial charge on any atom is -0.311 e. The van der Waals surface area contributed by atoms with Crippen molar-refractivity contribution in [3.8, 4) is 0 Å². The van der Waals surface area contributed by atoms with Crippen molar-refractivity contribution in [2.24, 2.45) is 5.92 Å². The second-order valence-corrected chi connectivity index (χ2v) is 4.88. The van der Waals surface area contributed by atoms with Crippen molar-refractivity contribution in [1.82, 2.24) is 0 Å². The van der Waals surface area contributed by atoms with Crippen LogP contribution in [0.15, 0.2) is 18.2 Å². The van der Waals surface area contributed by atoms with E-state index in [2.05, 4.69) is 15.9 Å². The van der Waals surface area contributed by atoms with Crippen molar-refractivity contribution in [3.05, 3.63) is 29.0 Å². The molecular formula is C11H10BrClFNO. The normalized spacial score (nSPS) is 20.6. The average molecular weight is 307 g/mol. The monoisotopic (exact) mass is 305 g/mol. The molecule has 0 N–H and O–H groups in total. The minimum absolute atomic E-state index is 0.0398. The molecule has 86 valence electrons. The van der Waals surface area contributed by atoms with E-state index in [1.165, 1.54) is 12.1 Å². The molecule has 2 rings (SSSR count). The van der Waals surface area contributed by atoms with E-state index >= 15 is 0 Å². The fraction of sp³-hybridized carbons (Fsp3) is 0.364. The van der Waals surface area contributed by atoms with Gasteiger partial charge in [-0.25, -0.2) is 4.39 Å². The van der Waals surface area contributed by atoms with E-state index in [4.69, 9.17) is 11.6 Å². The van der Waals surface area contributed by atoms with Crippen LogP contribution in [0.3, 0.4) is 0 Å². The second kappa shape index (κ2) is 4.72. The van der Waals surface area contributed by atoms with Crippen LogP contribution in [0.2, 0.25) is 5.02 Å². The van der Waals surface area contributed by atoms with E-state index in [9.17, 15) is 9.18 Å². The molecular weight excluding hydrogens is 296 g/mol. The molecule has 1 aliphatic heterocycles. The Morgan fingerprint density at radius 2 is 2.31 bits per heavy atom. The number of nitrogens with zero attached hydrogens (tertiary/aromatic N) is 1. The van der Waals surface area contributed by atoms with Gasteiger partial charge in [0, 0.05) is 18.3 Å². The van der Waals surface area contributed by atoms with Crippen molar-refractivity contribution in [3.63, 3.8) is 0 Å². The molecule has 16 heavy (non-hydrogen) atoms. The summed E-state index contributed by atoms with van der Waals surface area (Å²) >= 11 is 9.28. The molecule has 0 saturated carbocycles. The van der Waals surface area contributed by atoms with Gasteiger partial charge in [0.15, 0.2) is 0 Å². The number of hydrogen-bond acceptors (Lipinski definition) is 1. The van der Waals surface area contributed by atoms with Gasteiger partial charge < -0.3 is 4.90 Å². The maximum Gasteiger partial charge on any atom is 0.227 e. The number of alkyl halides is 1. The van der Waals surface area contributed by atoms with Gasteiger partial charge >= 0.3 is 0 Å². The molecule has 5 heteroatoms. The molecule has 0 bridgehead atoms. The Morgan fingerprint density at radius 1 is 1.56 bits per heavy atom. The van der Waals surface area contributed by atoms with Crippen LogP contribution in [0.1, 0.15) is 6.42 Å². The molecule has 1 aliphatic rings. The summed E-state index contributed by atoms with van der Waals surface area (Å²) in [6.07, 6.45) is 0.513. The Kier molecular flexibility index (Phi) is 3.50. The predicted molar refractivity (Wildman–Crippen MR) is 65.7 cm³/mol. The minimum atomic E-state index is -0.391. The summed E-state index contributed by atoms with van der Waals surface area (Å²) in [7, 11) is 0. The SMILES string of the molecule is O=C1CC(CBr)CN1c1ccc(F)cc1Cl. The maximum atomic E-state index is 12.9. The van der Waals surface area contributed by atoms with Crippen LogP contribution in [0.25, 0.3) is 0 Å². The summed E-state index contributed by atoms with van der Waals surface area (Å²) in [6.45, 7) is 0.634. The number of benzene rings is 1. The van der Waals surface area contributed by atoms with Gasteiger partial charge in [-0.05, 0) is 24.1 Å². The molecule has 1 aromatic rings. The fourth-order valence-electron chi connectivity index (χ4n) is 1.82. The van der Waals surface area contributed by atoms with Gasteiger partial charge in [0.05, 0.1) is 10.7 Å². The van der Waals surface area contributed by atoms with Crippen LogP contribution in [-0.4, -0.2) is 17.8 Å². The van der Waals surface area contributed by atoms with E-state index in [0.29, 0.717) is 24.6 Å². The van der Waals surface area contributed by atoms with Crippen molar-refractivity contribution < 1.29 is 9.18 Å². The summed E-state index contributed by atoms with van der Waals surface area (Å²) in [5.74, 6) is -0.0518. The third-order valence-electron chi connectivity index (χ3n) is 2.62. The van der Waals surface area contributed by atoms with Gasteiger partial charge in [-0.15, -0.1) is 0 Å². The van der Waals surface area contributed by atoms with E-state index in [1.54, 1.807) is 11.0 Å². The van der Waals surface area contributed by atoms with Crippen LogP contribution in [0.5, 0.6) is 0 Å². The number of carbonyl (C=O) groups is 1. The summed E-state index contributed by atoms with van der Waals surface area (Å²) < 4.78 is 12.9. The first-order valence-corrected chi connectivity index (χ1v) is 6.43. The summed E-state index contributed by atoms with van der Waals surface area (Å²) in [5.41, 5.74) is 0.594. The average Bonchev–Trinajstić information content (AvgIpc) is 2.60. The molecule has 1 atom stereocenters. The molecule has 0 spiro atoms. The quantitative estimate of drug-likeness (QED) is 0.768. The van der Waals surface area contributed by atoms with Gasteiger partial charge in [-0.1, -0.05) is 27.5 Å². The first-order valence-electron chi connectivity index (χ1n) is 4.93. The Hall–Kier alpha value is -0.610. The highest BCUT2D eigenvalue weighted by Gasteiger charge is 2.30. The molecule has 1 amide bonds. The molecule has 1 heterocycles. The largest absolute Gasteiger partial charge is 0.311 e. The molecule has 1 unspecified atom stereocenters. The fourth-order valence-corrected chi connectivity index (χ4v) is 2.52. The highest BCUT2D eigenvalue weighted by molar-refractivity contribution is 9.09. The van der Waals surface area contributed by atoms with Crippen LogP contribution >= 0.6 is 27.5 Å². The number of halogens is 3. The smallest absolute Gasteiger partial charge is 0.227 e. The zero-order valence-corrected chi connectivity index (χ0v) is 10.8. The lowest BCUT2D eigenvalue weighted by atomic mass is 10.2. The van der Waals surface area contributed by atoms with E-state index in [0.717, 1.165) is 5.33 Å². The third kappa shape index (κ3) is 2.23. The molecule has 0 aromatic heterocycles. The number of anilines is 1. The standard InChI is InChI=1S/C11H10BrClFNO/c12-5-7-3-11(16)15(6-7)10-2-1-8(14)4-9(10)13/h1-2,4,7H,3,5-6H2. The Morgan fingerprint density at radius 3 is 2.88 bits per heavy atom. The molecule has 1 saturated heterocycles. The van der Waals surface area contributed by atoms with Crippen molar-refractivity contribution >= 4 is 39.1 Å². The lowest BCUT2D eigenvalue weighted by molar-refractivity contribution is -0.117. The summed E-state index contributed by atoms with van der Waals surface area (Å²) in [4.78, 5) is 13.4. The van der Waals surface area contributed by atoms with Gasteiger partial charge in [-0.3, -0.25) is 4.79 Å². The van der Waals surface area contributed by atoms with Crippen LogP contribution in [0, 0.1) is 11.7 Å². The van der Waals surface area contributed by atoms with Crippen LogP contribution in [-0.2, 0) is 4.79 Å². The van der Waals surface area contributed by atoms with Crippen molar-refractivity contribution in [2.75, 3.05) is 16.8 Å². The van der Waals surface area contributed by atoms with Gasteiger partial charge in [0.2, 0.25) is 5.91 Å². The first-order chi connectivity index (χ1) is 7.61. The van der Waals surface area contributed by atoms with E-state index < -0.39 is 5.82 Å². The Bertz CT molecular complexity index is 426. The molecule has 0 radical (unpaired) electrons. The molecule has 2 nitrogen and oxygen atoms in total. The molecule has 0 aliphatic carbocycles. The van der Waals surface area contributed by atoms with Crippen molar-refractivity contribution in [2.45, 2.75) is 6.42 Å². The Labute approximate surface area is 107 Å².